The molecule has 0 amide bonds. The van der Waals surface area contributed by atoms with E-state index in [0.717, 1.165) is 30.5 Å². The van der Waals surface area contributed by atoms with Crippen molar-refractivity contribution >= 4 is 16.5 Å². The Bertz CT molecular complexity index is 510. The Morgan fingerprint density at radius 2 is 2.15 bits per heavy atom. The third-order valence-electron chi connectivity index (χ3n) is 2.96. The molecule has 0 unspecified atom stereocenters. The summed E-state index contributed by atoms with van der Waals surface area (Å²) in [6.45, 7) is 9.08. The van der Waals surface area contributed by atoms with E-state index < -0.39 is 0 Å². The van der Waals surface area contributed by atoms with Crippen LogP contribution in [-0.2, 0) is 13.1 Å². The van der Waals surface area contributed by atoms with Crippen molar-refractivity contribution in [3.05, 3.63) is 41.2 Å². The van der Waals surface area contributed by atoms with Gasteiger partial charge in [-0.1, -0.05) is 19.9 Å². The van der Waals surface area contributed by atoms with E-state index in [2.05, 4.69) is 47.0 Å². The second kappa shape index (κ2) is 7.36. The summed E-state index contributed by atoms with van der Waals surface area (Å²) in [5.41, 5.74) is 1.08. The molecule has 20 heavy (non-hydrogen) atoms. The monoisotopic (exact) mass is 290 g/mol. The first kappa shape index (κ1) is 14.9. The number of anilines is 1. The molecular weight excluding hydrogens is 268 g/mol. The zero-order chi connectivity index (χ0) is 14.4. The average molecular weight is 290 g/mol. The van der Waals surface area contributed by atoms with Gasteiger partial charge in [-0.05, 0) is 19.1 Å². The summed E-state index contributed by atoms with van der Waals surface area (Å²) in [7, 11) is 0. The minimum absolute atomic E-state index is 0.497. The Kier molecular flexibility index (Phi) is 5.49. The molecule has 0 aliphatic rings. The zero-order valence-corrected chi connectivity index (χ0v) is 13.2. The topological polar surface area (TPSA) is 41.1 Å². The molecule has 0 fully saturated rings. The fourth-order valence-electron chi connectivity index (χ4n) is 1.83. The molecule has 2 aromatic rings. The number of pyridine rings is 1. The van der Waals surface area contributed by atoms with E-state index in [1.807, 2.05) is 24.5 Å². The molecule has 1 N–H and O–H groups in total. The van der Waals surface area contributed by atoms with E-state index >= 15 is 0 Å². The molecule has 2 aromatic heterocycles. The lowest BCUT2D eigenvalue weighted by atomic mass is 10.3. The van der Waals surface area contributed by atoms with Crippen molar-refractivity contribution in [2.75, 3.05) is 11.4 Å². The summed E-state index contributed by atoms with van der Waals surface area (Å²) in [5.74, 6) is 0. The SMILES string of the molecule is CCN(Cc1ccccn1)c1ncc(CNC(C)C)s1. The smallest absolute Gasteiger partial charge is 0.185 e. The second-order valence-electron chi connectivity index (χ2n) is 4.98. The Morgan fingerprint density at radius 1 is 1.30 bits per heavy atom. The van der Waals surface area contributed by atoms with Gasteiger partial charge in [0.25, 0.3) is 0 Å². The first-order valence-electron chi connectivity index (χ1n) is 7.02. The van der Waals surface area contributed by atoms with Crippen molar-refractivity contribution in [2.24, 2.45) is 0 Å². The minimum Gasteiger partial charge on any atom is -0.342 e. The van der Waals surface area contributed by atoms with E-state index in [9.17, 15) is 0 Å². The Morgan fingerprint density at radius 3 is 2.80 bits per heavy atom. The lowest BCUT2D eigenvalue weighted by molar-refractivity contribution is 0.593. The van der Waals surface area contributed by atoms with E-state index in [-0.39, 0.29) is 0 Å². The second-order valence-corrected chi connectivity index (χ2v) is 6.07. The van der Waals surface area contributed by atoms with Crippen molar-refractivity contribution in [1.82, 2.24) is 15.3 Å². The molecular formula is C15H22N4S. The molecule has 0 bridgehead atoms. The molecule has 4 nitrogen and oxygen atoms in total. The maximum Gasteiger partial charge on any atom is 0.185 e. The standard InChI is InChI=1S/C15H22N4S/c1-4-19(11-13-7-5-6-8-16-13)15-18-10-14(20-15)9-17-12(2)3/h5-8,10,12,17H,4,9,11H2,1-3H3. The van der Waals surface area contributed by atoms with Crippen molar-refractivity contribution in [2.45, 2.75) is 39.9 Å². The normalized spacial score (nSPS) is 11.0. The maximum absolute atomic E-state index is 4.54. The van der Waals surface area contributed by atoms with Crippen molar-refractivity contribution in [3.8, 4) is 0 Å². The quantitative estimate of drug-likeness (QED) is 0.851. The van der Waals surface area contributed by atoms with Crippen LogP contribution in [0.5, 0.6) is 0 Å². The van der Waals surface area contributed by atoms with E-state index in [1.54, 1.807) is 11.3 Å². The van der Waals surface area contributed by atoms with Crippen LogP contribution < -0.4 is 10.2 Å². The van der Waals surface area contributed by atoms with Crippen LogP contribution in [0.15, 0.2) is 30.6 Å². The van der Waals surface area contributed by atoms with Gasteiger partial charge in [0.1, 0.15) is 0 Å². The molecule has 0 radical (unpaired) electrons. The molecule has 2 rings (SSSR count). The average Bonchev–Trinajstić information content (AvgIpc) is 2.92. The van der Waals surface area contributed by atoms with Crippen LogP contribution in [-0.4, -0.2) is 22.6 Å². The summed E-state index contributed by atoms with van der Waals surface area (Å²) < 4.78 is 0. The molecule has 0 saturated heterocycles. The largest absolute Gasteiger partial charge is 0.342 e. The van der Waals surface area contributed by atoms with Crippen LogP contribution in [0, 0.1) is 0 Å². The lowest BCUT2D eigenvalue weighted by Gasteiger charge is -2.19. The predicted octanol–water partition coefficient (Wildman–Crippen LogP) is 3.06. The van der Waals surface area contributed by atoms with Gasteiger partial charge in [-0.25, -0.2) is 4.98 Å². The number of rotatable bonds is 7. The molecule has 0 saturated carbocycles. The van der Waals surface area contributed by atoms with Gasteiger partial charge in [-0.15, -0.1) is 11.3 Å². The van der Waals surface area contributed by atoms with Crippen LogP contribution in [0.4, 0.5) is 5.13 Å². The highest BCUT2D eigenvalue weighted by atomic mass is 32.1. The first-order valence-corrected chi connectivity index (χ1v) is 7.83. The molecule has 0 aliphatic carbocycles. The number of hydrogen-bond acceptors (Lipinski definition) is 5. The molecule has 0 atom stereocenters. The molecule has 0 aliphatic heterocycles. The number of aromatic nitrogens is 2. The Labute approximate surface area is 124 Å². The van der Waals surface area contributed by atoms with Gasteiger partial charge in [0, 0.05) is 36.4 Å². The van der Waals surface area contributed by atoms with Gasteiger partial charge in [0.05, 0.1) is 12.2 Å². The van der Waals surface area contributed by atoms with Gasteiger partial charge in [-0.2, -0.15) is 0 Å². The van der Waals surface area contributed by atoms with Crippen LogP contribution in [0.1, 0.15) is 31.3 Å². The number of nitrogens with zero attached hydrogens (tertiary/aromatic N) is 3. The predicted molar refractivity (Wildman–Crippen MR) is 85.1 cm³/mol. The Hall–Kier alpha value is -1.46. The fourth-order valence-corrected chi connectivity index (χ4v) is 2.76. The fraction of sp³-hybridized carbons (Fsp3) is 0.467. The highest BCUT2D eigenvalue weighted by Crippen LogP contribution is 2.23. The summed E-state index contributed by atoms with van der Waals surface area (Å²) in [4.78, 5) is 12.4. The number of thiazole rings is 1. The van der Waals surface area contributed by atoms with Crippen LogP contribution in [0.3, 0.4) is 0 Å². The minimum atomic E-state index is 0.497. The summed E-state index contributed by atoms with van der Waals surface area (Å²) >= 11 is 1.75. The van der Waals surface area contributed by atoms with Crippen LogP contribution >= 0.6 is 11.3 Å². The molecule has 0 aromatic carbocycles. The molecule has 2 heterocycles. The molecule has 108 valence electrons. The summed E-state index contributed by atoms with van der Waals surface area (Å²) in [5, 5.41) is 4.49. The third kappa shape index (κ3) is 4.28. The van der Waals surface area contributed by atoms with Crippen LogP contribution in [0.2, 0.25) is 0 Å². The molecule has 0 spiro atoms. The number of nitrogens with one attached hydrogen (secondary N) is 1. The van der Waals surface area contributed by atoms with Crippen LogP contribution in [0.25, 0.3) is 0 Å². The van der Waals surface area contributed by atoms with Gasteiger partial charge < -0.3 is 10.2 Å². The van der Waals surface area contributed by atoms with Gasteiger partial charge in [0.15, 0.2) is 5.13 Å². The van der Waals surface area contributed by atoms with Gasteiger partial charge >= 0.3 is 0 Å². The highest BCUT2D eigenvalue weighted by molar-refractivity contribution is 7.15. The summed E-state index contributed by atoms with van der Waals surface area (Å²) in [6.07, 6.45) is 3.81. The van der Waals surface area contributed by atoms with E-state index in [1.165, 1.54) is 4.88 Å². The number of hydrogen-bond donors (Lipinski definition) is 1. The van der Waals surface area contributed by atoms with Crippen molar-refractivity contribution < 1.29 is 0 Å². The molecule has 5 heteroatoms. The first-order chi connectivity index (χ1) is 9.69. The third-order valence-corrected chi connectivity index (χ3v) is 4.02. The van der Waals surface area contributed by atoms with Gasteiger partial charge in [-0.3, -0.25) is 4.98 Å². The van der Waals surface area contributed by atoms with E-state index in [0.29, 0.717) is 6.04 Å². The van der Waals surface area contributed by atoms with E-state index in [4.69, 9.17) is 0 Å². The Balaban J connectivity index is 2.01. The highest BCUT2D eigenvalue weighted by Gasteiger charge is 2.10. The van der Waals surface area contributed by atoms with Crippen molar-refractivity contribution in [1.29, 1.82) is 0 Å². The summed E-state index contributed by atoms with van der Waals surface area (Å²) in [6, 6.07) is 6.52. The maximum atomic E-state index is 4.54. The van der Waals surface area contributed by atoms with Gasteiger partial charge in [0.2, 0.25) is 0 Å². The zero-order valence-electron chi connectivity index (χ0n) is 12.3. The lowest BCUT2D eigenvalue weighted by Crippen LogP contribution is -2.22. The van der Waals surface area contributed by atoms with Crippen molar-refractivity contribution in [3.63, 3.8) is 0 Å².